The molecule has 2 rings (SSSR count). The van der Waals surface area contributed by atoms with E-state index < -0.39 is 0 Å². The van der Waals surface area contributed by atoms with Crippen LogP contribution in [0.3, 0.4) is 0 Å². The van der Waals surface area contributed by atoms with Crippen LogP contribution in [0.1, 0.15) is 4.88 Å². The van der Waals surface area contributed by atoms with E-state index in [1.165, 1.54) is 10.4 Å². The maximum absolute atomic E-state index is 5.81. The molecule has 0 fully saturated rings. The normalized spacial score (nSPS) is 10.4. The molecule has 72 valence electrons. The Labute approximate surface area is 92.1 Å². The lowest BCUT2D eigenvalue weighted by Crippen LogP contribution is -1.80. The Bertz CT molecular complexity index is 425. The average Bonchev–Trinajstić information content (AvgIpc) is 2.48. The molecule has 0 spiro atoms. The van der Waals surface area contributed by atoms with Crippen molar-refractivity contribution in [2.75, 3.05) is 5.73 Å². The summed E-state index contributed by atoms with van der Waals surface area (Å²) in [4.78, 5) is 2.35. The molecule has 1 aromatic carbocycles. The molecule has 0 unspecified atom stereocenters. The van der Waals surface area contributed by atoms with Gasteiger partial charge in [-0.05, 0) is 30.7 Å². The molecular formula is C11H10ClNS. The highest BCUT2D eigenvalue weighted by atomic mass is 35.5. The van der Waals surface area contributed by atoms with Crippen LogP contribution in [0.4, 0.5) is 5.69 Å². The van der Waals surface area contributed by atoms with Crippen molar-refractivity contribution < 1.29 is 0 Å². The van der Waals surface area contributed by atoms with Crippen LogP contribution >= 0.6 is 22.9 Å². The summed E-state index contributed by atoms with van der Waals surface area (Å²) in [5.74, 6) is 0. The molecule has 0 aliphatic heterocycles. The highest BCUT2D eigenvalue weighted by molar-refractivity contribution is 7.16. The molecule has 1 nitrogen and oxygen atoms in total. The minimum Gasteiger partial charge on any atom is -0.398 e. The zero-order valence-corrected chi connectivity index (χ0v) is 9.32. The number of hydrogen-bond acceptors (Lipinski definition) is 2. The molecule has 1 aromatic heterocycles. The van der Waals surface area contributed by atoms with Gasteiger partial charge in [0.1, 0.15) is 0 Å². The lowest BCUT2D eigenvalue weighted by atomic mass is 10.2. The summed E-state index contributed by atoms with van der Waals surface area (Å²) in [6.45, 7) is 2.03. The molecule has 0 aliphatic rings. The third-order valence-electron chi connectivity index (χ3n) is 2.08. The number of hydrogen-bond donors (Lipinski definition) is 1. The van der Waals surface area contributed by atoms with Crippen molar-refractivity contribution in [3.63, 3.8) is 0 Å². The molecule has 1 heterocycles. The number of rotatable bonds is 1. The maximum atomic E-state index is 5.81. The van der Waals surface area contributed by atoms with E-state index in [1.807, 2.05) is 37.3 Å². The number of halogens is 1. The van der Waals surface area contributed by atoms with E-state index in [0.717, 1.165) is 15.6 Å². The fourth-order valence-electron chi connectivity index (χ4n) is 1.25. The molecule has 0 amide bonds. The zero-order chi connectivity index (χ0) is 10.1. The summed E-state index contributed by atoms with van der Waals surface area (Å²) in [7, 11) is 0. The Morgan fingerprint density at radius 3 is 2.36 bits per heavy atom. The fraction of sp³-hybridized carbons (Fsp3) is 0.0909. The minimum absolute atomic E-state index is 0.759. The number of nitrogen functional groups attached to an aromatic ring is 1. The monoisotopic (exact) mass is 223 g/mol. The lowest BCUT2D eigenvalue weighted by Gasteiger charge is -1.96. The topological polar surface area (TPSA) is 26.0 Å². The van der Waals surface area contributed by atoms with Crippen LogP contribution < -0.4 is 5.73 Å². The van der Waals surface area contributed by atoms with Crippen LogP contribution in [0, 0.1) is 6.92 Å². The summed E-state index contributed by atoms with van der Waals surface area (Å²) in [6.07, 6.45) is 0. The third-order valence-corrected chi connectivity index (χ3v) is 3.45. The van der Waals surface area contributed by atoms with Crippen LogP contribution in [0.5, 0.6) is 0 Å². The van der Waals surface area contributed by atoms with Crippen molar-refractivity contribution in [1.82, 2.24) is 0 Å². The zero-order valence-electron chi connectivity index (χ0n) is 7.75. The second-order valence-corrected chi connectivity index (χ2v) is 4.82. The third kappa shape index (κ3) is 1.76. The Hall–Kier alpha value is -0.990. The summed E-state index contributed by atoms with van der Waals surface area (Å²) >= 11 is 7.52. The highest BCUT2D eigenvalue weighted by Crippen LogP contribution is 2.32. The Balaban J connectivity index is 2.44. The van der Waals surface area contributed by atoms with E-state index in [4.69, 9.17) is 17.3 Å². The number of thiophene rings is 1. The Kier molecular flexibility index (Phi) is 2.48. The fourth-order valence-corrected chi connectivity index (χ4v) is 2.33. The van der Waals surface area contributed by atoms with Crippen LogP contribution in [-0.2, 0) is 0 Å². The number of nitrogens with two attached hydrogens (primary N) is 1. The molecule has 0 radical (unpaired) electrons. The van der Waals surface area contributed by atoms with E-state index in [-0.39, 0.29) is 0 Å². The van der Waals surface area contributed by atoms with Crippen LogP contribution in [0.25, 0.3) is 10.4 Å². The predicted molar refractivity (Wildman–Crippen MR) is 63.9 cm³/mol. The summed E-state index contributed by atoms with van der Waals surface area (Å²) in [5, 5.41) is 0.759. The molecular weight excluding hydrogens is 214 g/mol. The molecule has 2 aromatic rings. The van der Waals surface area contributed by atoms with Gasteiger partial charge in [0.25, 0.3) is 0 Å². The molecule has 0 saturated carbocycles. The first kappa shape index (κ1) is 9.56. The predicted octanol–water partition coefficient (Wildman–Crippen LogP) is 3.96. The van der Waals surface area contributed by atoms with E-state index in [1.54, 1.807) is 11.3 Å². The van der Waals surface area contributed by atoms with Gasteiger partial charge < -0.3 is 5.73 Å². The summed E-state index contributed by atoms with van der Waals surface area (Å²) in [5.41, 5.74) is 7.82. The van der Waals surface area contributed by atoms with Crippen molar-refractivity contribution in [2.24, 2.45) is 0 Å². The van der Waals surface area contributed by atoms with Crippen molar-refractivity contribution >= 4 is 28.6 Å². The number of anilines is 1. The van der Waals surface area contributed by atoms with Gasteiger partial charge in [0.2, 0.25) is 0 Å². The van der Waals surface area contributed by atoms with E-state index in [0.29, 0.717) is 0 Å². The summed E-state index contributed by atoms with van der Waals surface area (Å²) < 4.78 is 0. The molecule has 2 N–H and O–H groups in total. The van der Waals surface area contributed by atoms with E-state index in [9.17, 15) is 0 Å². The quantitative estimate of drug-likeness (QED) is 0.778. The van der Waals surface area contributed by atoms with Crippen LogP contribution in [0.15, 0.2) is 30.3 Å². The minimum atomic E-state index is 0.759. The standard InChI is InChI=1S/C11H10ClNS/c1-7-10(13)6-11(14-7)8-2-4-9(12)5-3-8/h2-6H,13H2,1H3. The van der Waals surface area contributed by atoms with Gasteiger partial charge in [-0.3, -0.25) is 0 Å². The van der Waals surface area contributed by atoms with Crippen molar-refractivity contribution in [3.8, 4) is 10.4 Å². The largest absolute Gasteiger partial charge is 0.398 e. The molecule has 0 saturated heterocycles. The van der Waals surface area contributed by atoms with Gasteiger partial charge in [-0.15, -0.1) is 11.3 Å². The van der Waals surface area contributed by atoms with Crippen LogP contribution in [-0.4, -0.2) is 0 Å². The smallest absolute Gasteiger partial charge is 0.0459 e. The second kappa shape index (κ2) is 3.64. The van der Waals surface area contributed by atoms with E-state index >= 15 is 0 Å². The van der Waals surface area contributed by atoms with Crippen molar-refractivity contribution in [3.05, 3.63) is 40.2 Å². The first-order valence-electron chi connectivity index (χ1n) is 4.28. The van der Waals surface area contributed by atoms with Gasteiger partial charge in [-0.2, -0.15) is 0 Å². The average molecular weight is 224 g/mol. The van der Waals surface area contributed by atoms with Crippen molar-refractivity contribution in [1.29, 1.82) is 0 Å². The SMILES string of the molecule is Cc1sc(-c2ccc(Cl)cc2)cc1N. The molecule has 3 heteroatoms. The second-order valence-electron chi connectivity index (χ2n) is 3.13. The van der Waals surface area contributed by atoms with Gasteiger partial charge in [-0.25, -0.2) is 0 Å². The maximum Gasteiger partial charge on any atom is 0.0459 e. The lowest BCUT2D eigenvalue weighted by molar-refractivity contribution is 1.62. The van der Waals surface area contributed by atoms with Gasteiger partial charge in [0.15, 0.2) is 0 Å². The Morgan fingerprint density at radius 1 is 1.21 bits per heavy atom. The first-order chi connectivity index (χ1) is 6.66. The van der Waals surface area contributed by atoms with Crippen molar-refractivity contribution in [2.45, 2.75) is 6.92 Å². The number of aryl methyl sites for hydroxylation is 1. The number of benzene rings is 1. The molecule has 14 heavy (non-hydrogen) atoms. The van der Waals surface area contributed by atoms with Gasteiger partial charge in [-0.1, -0.05) is 23.7 Å². The molecule has 0 atom stereocenters. The Morgan fingerprint density at radius 2 is 1.86 bits per heavy atom. The summed E-state index contributed by atoms with van der Waals surface area (Å²) in [6, 6.07) is 9.80. The van der Waals surface area contributed by atoms with E-state index in [2.05, 4.69) is 0 Å². The first-order valence-corrected chi connectivity index (χ1v) is 5.48. The van der Waals surface area contributed by atoms with Gasteiger partial charge in [0, 0.05) is 20.5 Å². The van der Waals surface area contributed by atoms with Crippen LogP contribution in [0.2, 0.25) is 5.02 Å². The van der Waals surface area contributed by atoms with Gasteiger partial charge >= 0.3 is 0 Å². The molecule has 0 bridgehead atoms. The van der Waals surface area contributed by atoms with Gasteiger partial charge in [0.05, 0.1) is 0 Å². The highest BCUT2D eigenvalue weighted by Gasteiger charge is 2.03. The molecule has 0 aliphatic carbocycles.